The third-order valence-electron chi connectivity index (χ3n) is 3.18. The summed E-state index contributed by atoms with van der Waals surface area (Å²) in [6.07, 6.45) is 1.26. The van der Waals surface area contributed by atoms with Crippen LogP contribution >= 0.6 is 0 Å². The Balaban J connectivity index is 2.99. The summed E-state index contributed by atoms with van der Waals surface area (Å²) in [4.78, 5) is 50.7. The minimum atomic E-state index is -1.35. The molecular weight excluding hydrogens is 304 g/mol. The Bertz CT molecular complexity index is 595. The van der Waals surface area contributed by atoms with Crippen molar-refractivity contribution >= 4 is 29.4 Å². The Morgan fingerprint density at radius 3 is 2.04 bits per heavy atom. The van der Waals surface area contributed by atoms with Crippen LogP contribution in [0, 0.1) is 11.8 Å². The minimum absolute atomic E-state index is 0.199. The van der Waals surface area contributed by atoms with Crippen LogP contribution in [0.4, 0.5) is 5.82 Å². The molecule has 1 heterocycles. The number of pyridine rings is 1. The number of hydrogen-bond donors (Lipinski definition) is 1. The molecule has 0 radical (unpaired) electrons. The number of Topliss-reactive ketones (excluding diaryl/α,β-unsaturated/α-hetero) is 1. The van der Waals surface area contributed by atoms with Crippen LogP contribution in [0.2, 0.25) is 0 Å². The highest BCUT2D eigenvalue weighted by Crippen LogP contribution is 2.20. The van der Waals surface area contributed by atoms with Crippen molar-refractivity contribution in [2.24, 2.45) is 11.8 Å². The Morgan fingerprint density at radius 1 is 1.09 bits per heavy atom. The second kappa shape index (κ2) is 8.02. The van der Waals surface area contributed by atoms with Crippen molar-refractivity contribution in [2.45, 2.75) is 13.8 Å². The normalized spacial score (nSPS) is 11.5. The summed E-state index contributed by atoms with van der Waals surface area (Å²) in [5.41, 5.74) is 0.199. The Labute approximate surface area is 133 Å². The van der Waals surface area contributed by atoms with E-state index >= 15 is 0 Å². The number of anilines is 1. The maximum Gasteiger partial charge on any atom is 0.320 e. The van der Waals surface area contributed by atoms with Crippen LogP contribution in [0.3, 0.4) is 0 Å². The lowest BCUT2D eigenvalue weighted by Crippen LogP contribution is -2.36. The van der Waals surface area contributed by atoms with Gasteiger partial charge in [0, 0.05) is 24.6 Å². The Morgan fingerprint density at radius 2 is 1.65 bits per heavy atom. The number of ether oxygens (including phenoxy) is 2. The quantitative estimate of drug-likeness (QED) is 0.469. The first-order valence-electron chi connectivity index (χ1n) is 6.75. The third kappa shape index (κ3) is 4.60. The monoisotopic (exact) mass is 322 g/mol. The fourth-order valence-electron chi connectivity index (χ4n) is 1.97. The fraction of sp³-hybridized carbons (Fsp3) is 0.400. The van der Waals surface area contributed by atoms with Crippen molar-refractivity contribution in [1.29, 1.82) is 0 Å². The molecule has 8 nitrogen and oxygen atoms in total. The molecule has 0 aliphatic rings. The van der Waals surface area contributed by atoms with Gasteiger partial charge in [0.25, 0.3) is 0 Å². The highest BCUT2D eigenvalue weighted by atomic mass is 16.5. The molecule has 124 valence electrons. The second-order valence-corrected chi connectivity index (χ2v) is 4.79. The number of ketones is 1. The van der Waals surface area contributed by atoms with Gasteiger partial charge >= 0.3 is 11.9 Å². The van der Waals surface area contributed by atoms with Crippen LogP contribution in [-0.4, -0.2) is 42.8 Å². The topological polar surface area (TPSA) is 112 Å². The summed E-state index contributed by atoms with van der Waals surface area (Å²) in [7, 11) is 2.25. The van der Waals surface area contributed by atoms with E-state index in [0.29, 0.717) is 5.82 Å². The van der Waals surface area contributed by atoms with Gasteiger partial charge in [-0.2, -0.15) is 0 Å². The average Bonchev–Trinajstić information content (AvgIpc) is 2.53. The predicted octanol–water partition coefficient (Wildman–Crippen LogP) is 0.821. The van der Waals surface area contributed by atoms with Crippen molar-refractivity contribution in [3.05, 3.63) is 23.9 Å². The summed E-state index contributed by atoms with van der Waals surface area (Å²) in [5, 5.41) is 2.47. The van der Waals surface area contributed by atoms with E-state index in [2.05, 4.69) is 19.8 Å². The van der Waals surface area contributed by atoms with Crippen molar-refractivity contribution in [1.82, 2.24) is 4.98 Å². The second-order valence-electron chi connectivity index (χ2n) is 4.79. The van der Waals surface area contributed by atoms with Gasteiger partial charge in [0.2, 0.25) is 5.91 Å². The van der Waals surface area contributed by atoms with Crippen molar-refractivity contribution in [3.63, 3.8) is 0 Å². The van der Waals surface area contributed by atoms with Gasteiger partial charge < -0.3 is 14.8 Å². The van der Waals surface area contributed by atoms with Crippen LogP contribution in [0.1, 0.15) is 24.2 Å². The number of methoxy groups -OCH3 is 2. The number of carbonyl (C=O) groups is 4. The van der Waals surface area contributed by atoms with Crippen LogP contribution < -0.4 is 5.32 Å². The van der Waals surface area contributed by atoms with Gasteiger partial charge in [-0.15, -0.1) is 0 Å². The van der Waals surface area contributed by atoms with Crippen LogP contribution in [0.5, 0.6) is 0 Å². The lowest BCUT2D eigenvalue weighted by Gasteiger charge is -2.18. The van der Waals surface area contributed by atoms with E-state index in [4.69, 9.17) is 0 Å². The Hall–Kier alpha value is -2.77. The summed E-state index contributed by atoms with van der Waals surface area (Å²) in [5.74, 6) is -4.50. The van der Waals surface area contributed by atoms with E-state index in [9.17, 15) is 19.2 Å². The fourth-order valence-corrected chi connectivity index (χ4v) is 1.97. The SMILES string of the molecule is COC(=O)C(C(=O)OC)C(C)C(=O)c1ccc(NC(C)=O)nc1. The number of nitrogens with zero attached hydrogens (tertiary/aromatic N) is 1. The van der Waals surface area contributed by atoms with Crippen molar-refractivity contribution in [2.75, 3.05) is 19.5 Å². The summed E-state index contributed by atoms with van der Waals surface area (Å²) in [6, 6.07) is 2.90. The number of amides is 1. The highest BCUT2D eigenvalue weighted by Gasteiger charge is 2.38. The van der Waals surface area contributed by atoms with Gasteiger partial charge in [-0.05, 0) is 12.1 Å². The first kappa shape index (κ1) is 18.3. The van der Waals surface area contributed by atoms with E-state index in [1.54, 1.807) is 0 Å². The van der Waals surface area contributed by atoms with Gasteiger partial charge in [-0.3, -0.25) is 19.2 Å². The number of carbonyl (C=O) groups excluding carboxylic acids is 4. The molecule has 1 rings (SSSR count). The smallest absolute Gasteiger partial charge is 0.320 e. The van der Waals surface area contributed by atoms with Gasteiger partial charge in [0.15, 0.2) is 11.7 Å². The summed E-state index contributed by atoms with van der Waals surface area (Å²) in [6.45, 7) is 2.77. The van der Waals surface area contributed by atoms with Gasteiger partial charge in [0.1, 0.15) is 5.82 Å². The molecule has 23 heavy (non-hydrogen) atoms. The molecule has 1 N–H and O–H groups in total. The van der Waals surface area contributed by atoms with Crippen molar-refractivity contribution < 1.29 is 28.7 Å². The molecule has 1 aromatic heterocycles. The molecule has 0 aliphatic carbocycles. The number of hydrogen-bond acceptors (Lipinski definition) is 7. The first-order chi connectivity index (χ1) is 10.8. The van der Waals surface area contributed by atoms with E-state index in [1.165, 1.54) is 32.2 Å². The number of nitrogens with one attached hydrogen (secondary N) is 1. The molecule has 0 saturated heterocycles. The first-order valence-corrected chi connectivity index (χ1v) is 6.75. The maximum absolute atomic E-state index is 12.4. The zero-order valence-electron chi connectivity index (χ0n) is 13.3. The average molecular weight is 322 g/mol. The minimum Gasteiger partial charge on any atom is -0.468 e. The summed E-state index contributed by atoms with van der Waals surface area (Å²) >= 11 is 0. The predicted molar refractivity (Wildman–Crippen MR) is 79.6 cm³/mol. The van der Waals surface area contributed by atoms with Crippen LogP contribution in [0.25, 0.3) is 0 Å². The van der Waals surface area contributed by atoms with Gasteiger partial charge in [-0.25, -0.2) is 4.98 Å². The van der Waals surface area contributed by atoms with Gasteiger partial charge in [-0.1, -0.05) is 6.92 Å². The molecule has 0 aliphatic heterocycles. The zero-order chi connectivity index (χ0) is 17.6. The van der Waals surface area contributed by atoms with E-state index in [0.717, 1.165) is 14.2 Å². The number of rotatable bonds is 6. The molecular formula is C15H18N2O6. The molecule has 0 spiro atoms. The largest absolute Gasteiger partial charge is 0.468 e. The molecule has 1 aromatic rings. The molecule has 0 fully saturated rings. The third-order valence-corrected chi connectivity index (χ3v) is 3.18. The molecule has 8 heteroatoms. The lowest BCUT2D eigenvalue weighted by atomic mass is 9.87. The molecule has 0 aromatic carbocycles. The molecule has 1 unspecified atom stereocenters. The zero-order valence-corrected chi connectivity index (χ0v) is 13.3. The van der Waals surface area contributed by atoms with Crippen LogP contribution in [0.15, 0.2) is 18.3 Å². The highest BCUT2D eigenvalue weighted by molar-refractivity contribution is 6.05. The number of esters is 2. The van der Waals surface area contributed by atoms with E-state index in [1.807, 2.05) is 0 Å². The number of aromatic nitrogens is 1. The lowest BCUT2D eigenvalue weighted by molar-refractivity contribution is -0.160. The van der Waals surface area contributed by atoms with Crippen LogP contribution in [-0.2, 0) is 23.9 Å². The standard InChI is InChI=1S/C15H18N2O6/c1-8(12(14(20)22-3)15(21)23-4)13(19)10-5-6-11(16-7-10)17-9(2)18/h5-8,12H,1-4H3,(H,16,17,18). The molecule has 0 bridgehead atoms. The van der Waals surface area contributed by atoms with Gasteiger partial charge in [0.05, 0.1) is 14.2 Å². The summed E-state index contributed by atoms with van der Waals surface area (Å²) < 4.78 is 9.10. The van der Waals surface area contributed by atoms with E-state index in [-0.39, 0.29) is 11.5 Å². The Kier molecular flexibility index (Phi) is 6.37. The maximum atomic E-state index is 12.4. The van der Waals surface area contributed by atoms with Crippen molar-refractivity contribution in [3.8, 4) is 0 Å². The van der Waals surface area contributed by atoms with E-state index < -0.39 is 29.6 Å². The molecule has 0 saturated carbocycles. The molecule has 1 amide bonds. The molecule has 1 atom stereocenters.